The van der Waals surface area contributed by atoms with Crippen molar-refractivity contribution < 1.29 is 28.8 Å². The Labute approximate surface area is 170 Å². The minimum Gasteiger partial charge on any atom is -0.450 e. The second kappa shape index (κ2) is 10.3. The molecule has 0 spiro atoms. The van der Waals surface area contributed by atoms with E-state index in [1.165, 1.54) is 0 Å². The van der Waals surface area contributed by atoms with Crippen LogP contribution in [0.3, 0.4) is 0 Å². The van der Waals surface area contributed by atoms with Crippen molar-refractivity contribution in [3.8, 4) is 0 Å². The molecule has 1 aliphatic heterocycles. The third-order valence-electron chi connectivity index (χ3n) is 4.67. The van der Waals surface area contributed by atoms with Gasteiger partial charge in [0, 0.05) is 0 Å². The Kier molecular flexibility index (Phi) is 7.55. The number of carbonyl (C=O) groups excluding carboxylic acids is 1. The van der Waals surface area contributed by atoms with Crippen molar-refractivity contribution in [2.75, 3.05) is 6.61 Å². The normalized spacial score (nSPS) is 26.6. The molecule has 1 heterocycles. The average Bonchev–Trinajstić information content (AvgIpc) is 2.76. The Balaban J connectivity index is 1.80. The van der Waals surface area contributed by atoms with Crippen LogP contribution in [0, 0.1) is 0 Å². The molecule has 3 rings (SSSR count). The largest absolute Gasteiger partial charge is 0.450 e. The molecule has 1 N–H and O–H groups in total. The Morgan fingerprint density at radius 1 is 1.07 bits per heavy atom. The summed E-state index contributed by atoms with van der Waals surface area (Å²) in [6.07, 6.45) is -2.62. The van der Waals surface area contributed by atoms with E-state index < -0.39 is 36.7 Å². The molecule has 2 aromatic carbocycles. The zero-order valence-corrected chi connectivity index (χ0v) is 16.3. The predicted molar refractivity (Wildman–Crippen MR) is 107 cm³/mol. The summed E-state index contributed by atoms with van der Waals surface area (Å²) in [6.45, 7) is 5.82. The summed E-state index contributed by atoms with van der Waals surface area (Å²) in [7, 11) is 0. The molecule has 0 aliphatic carbocycles. The fraction of sp³-hybridized carbons (Fsp3) is 0.348. The van der Waals surface area contributed by atoms with Crippen LogP contribution in [-0.4, -0.2) is 48.4 Å². The van der Waals surface area contributed by atoms with Gasteiger partial charge in [-0.15, -0.1) is 6.58 Å². The topological polar surface area (TPSA) is 74.2 Å². The molecule has 0 aromatic heterocycles. The van der Waals surface area contributed by atoms with Gasteiger partial charge in [0.2, 0.25) is 0 Å². The van der Waals surface area contributed by atoms with Crippen LogP contribution < -0.4 is 0 Å². The maximum atomic E-state index is 12.6. The highest BCUT2D eigenvalue weighted by atomic mass is 16.7. The predicted octanol–water partition coefficient (Wildman–Crippen LogP) is 3.11. The van der Waals surface area contributed by atoms with Crippen molar-refractivity contribution in [1.29, 1.82) is 0 Å². The molecule has 6 heteroatoms. The van der Waals surface area contributed by atoms with Crippen molar-refractivity contribution in [3.63, 3.8) is 0 Å². The van der Waals surface area contributed by atoms with Crippen molar-refractivity contribution in [1.82, 2.24) is 0 Å². The number of carbonyl (C=O) groups is 1. The molecule has 0 unspecified atom stereocenters. The number of aliphatic hydroxyl groups excluding tert-OH is 1. The number of esters is 1. The quantitative estimate of drug-likeness (QED) is 0.544. The third-order valence-corrected chi connectivity index (χ3v) is 4.67. The molecule has 0 bridgehead atoms. The van der Waals surface area contributed by atoms with Crippen molar-refractivity contribution in [2.45, 2.75) is 44.2 Å². The molecule has 1 aliphatic rings. The molecule has 0 saturated carbocycles. The second-order valence-corrected chi connectivity index (χ2v) is 6.82. The van der Waals surface area contributed by atoms with Gasteiger partial charge in [-0.1, -0.05) is 54.6 Å². The summed E-state index contributed by atoms with van der Waals surface area (Å²) >= 11 is 0. The number of rotatable bonds is 8. The summed E-state index contributed by atoms with van der Waals surface area (Å²) < 4.78 is 23.1. The Hall–Kier alpha value is -2.51. The lowest BCUT2D eigenvalue weighted by Crippen LogP contribution is -2.59. The number of aliphatic hydroxyl groups is 1. The van der Waals surface area contributed by atoms with E-state index in [9.17, 15) is 9.90 Å². The Morgan fingerprint density at radius 3 is 2.38 bits per heavy atom. The molecule has 1 saturated heterocycles. The lowest BCUT2D eigenvalue weighted by Gasteiger charge is -2.42. The number of hydrogen-bond donors (Lipinski definition) is 1. The van der Waals surface area contributed by atoms with Crippen LogP contribution in [0.4, 0.5) is 0 Å². The van der Waals surface area contributed by atoms with Gasteiger partial charge in [0.05, 0.1) is 24.9 Å². The lowest BCUT2D eigenvalue weighted by molar-refractivity contribution is -0.298. The molecule has 5 atom stereocenters. The smallest absolute Gasteiger partial charge is 0.338 e. The van der Waals surface area contributed by atoms with Crippen LogP contribution in [-0.2, 0) is 25.6 Å². The molecule has 0 amide bonds. The van der Waals surface area contributed by atoms with E-state index in [1.807, 2.05) is 36.4 Å². The van der Waals surface area contributed by atoms with Gasteiger partial charge in [-0.3, -0.25) is 0 Å². The monoisotopic (exact) mass is 398 g/mol. The van der Waals surface area contributed by atoms with Crippen molar-refractivity contribution in [2.24, 2.45) is 0 Å². The van der Waals surface area contributed by atoms with E-state index in [0.717, 1.165) is 5.56 Å². The fourth-order valence-electron chi connectivity index (χ4n) is 3.13. The molecule has 2 aromatic rings. The van der Waals surface area contributed by atoms with Crippen LogP contribution >= 0.6 is 0 Å². The Bertz CT molecular complexity index is 778. The first-order valence-electron chi connectivity index (χ1n) is 9.57. The van der Waals surface area contributed by atoms with Crippen LogP contribution in [0.5, 0.6) is 0 Å². The fourth-order valence-corrected chi connectivity index (χ4v) is 3.13. The summed E-state index contributed by atoms with van der Waals surface area (Å²) in [6, 6.07) is 18.2. The van der Waals surface area contributed by atoms with E-state index in [-0.39, 0.29) is 13.2 Å². The lowest BCUT2D eigenvalue weighted by atomic mass is 9.99. The van der Waals surface area contributed by atoms with Gasteiger partial charge in [0.25, 0.3) is 0 Å². The molecule has 1 fully saturated rings. The first kappa shape index (κ1) is 21.2. The van der Waals surface area contributed by atoms with Crippen LogP contribution in [0.1, 0.15) is 22.8 Å². The third kappa shape index (κ3) is 5.52. The molecular formula is C23H26O6. The van der Waals surface area contributed by atoms with Gasteiger partial charge >= 0.3 is 5.97 Å². The zero-order valence-electron chi connectivity index (χ0n) is 16.3. The van der Waals surface area contributed by atoms with E-state index in [1.54, 1.807) is 37.3 Å². The minimum atomic E-state index is -0.990. The molecular weight excluding hydrogens is 372 g/mol. The minimum absolute atomic E-state index is 0.207. The maximum Gasteiger partial charge on any atom is 0.338 e. The van der Waals surface area contributed by atoms with Crippen molar-refractivity contribution >= 4 is 5.97 Å². The molecule has 154 valence electrons. The maximum absolute atomic E-state index is 12.6. The highest BCUT2D eigenvalue weighted by molar-refractivity contribution is 5.89. The van der Waals surface area contributed by atoms with Gasteiger partial charge in [-0.05, 0) is 24.6 Å². The second-order valence-electron chi connectivity index (χ2n) is 6.82. The summed E-state index contributed by atoms with van der Waals surface area (Å²) in [5.41, 5.74) is 1.33. The van der Waals surface area contributed by atoms with E-state index >= 15 is 0 Å². The summed E-state index contributed by atoms with van der Waals surface area (Å²) in [4.78, 5) is 12.6. The highest BCUT2D eigenvalue weighted by Gasteiger charge is 2.47. The zero-order chi connectivity index (χ0) is 20.6. The van der Waals surface area contributed by atoms with Crippen LogP contribution in [0.15, 0.2) is 73.3 Å². The van der Waals surface area contributed by atoms with Gasteiger partial charge in [0.15, 0.2) is 12.4 Å². The van der Waals surface area contributed by atoms with E-state index in [0.29, 0.717) is 5.56 Å². The highest BCUT2D eigenvalue weighted by Crippen LogP contribution is 2.28. The van der Waals surface area contributed by atoms with E-state index in [4.69, 9.17) is 18.9 Å². The first-order valence-corrected chi connectivity index (χ1v) is 9.57. The Morgan fingerprint density at radius 2 is 1.72 bits per heavy atom. The molecule has 6 nitrogen and oxygen atoms in total. The number of hydrogen-bond acceptors (Lipinski definition) is 6. The van der Waals surface area contributed by atoms with E-state index in [2.05, 4.69) is 6.58 Å². The van der Waals surface area contributed by atoms with Gasteiger partial charge < -0.3 is 24.1 Å². The standard InChI is InChI=1S/C23H26O6/c1-3-14-26-23-21(29-22(25)18-12-8-5-9-13-18)20(19(24)16(2)28-23)27-15-17-10-6-4-7-11-17/h3-13,16,19-21,23-24H,1,14-15H2,2H3/t16-,19-,20+,21+,23+/m0/s1. The van der Waals surface area contributed by atoms with Gasteiger partial charge in [0.1, 0.15) is 12.2 Å². The average molecular weight is 398 g/mol. The molecule has 29 heavy (non-hydrogen) atoms. The number of benzene rings is 2. The van der Waals surface area contributed by atoms with Crippen LogP contribution in [0.2, 0.25) is 0 Å². The number of ether oxygens (including phenoxy) is 4. The first-order chi connectivity index (χ1) is 14.1. The van der Waals surface area contributed by atoms with Crippen LogP contribution in [0.25, 0.3) is 0 Å². The van der Waals surface area contributed by atoms with Crippen molar-refractivity contribution in [3.05, 3.63) is 84.4 Å². The summed E-state index contributed by atoms with van der Waals surface area (Å²) in [5, 5.41) is 10.7. The van der Waals surface area contributed by atoms with Gasteiger partial charge in [-0.2, -0.15) is 0 Å². The SMILES string of the molecule is C=CCO[C@@H]1O[C@@H](C)[C@H](O)[C@@H](OCc2ccccc2)[C@H]1OC(=O)c1ccccc1. The summed E-state index contributed by atoms with van der Waals surface area (Å²) in [5.74, 6) is -0.540. The van der Waals surface area contributed by atoms with Gasteiger partial charge in [-0.25, -0.2) is 4.79 Å². The molecule has 0 radical (unpaired) electrons.